The van der Waals surface area contributed by atoms with Crippen LogP contribution >= 0.6 is 18.6 Å². The van der Waals surface area contributed by atoms with Gasteiger partial charge in [0.25, 0.3) is 0 Å². The quantitative estimate of drug-likeness (QED) is 0.111. The van der Waals surface area contributed by atoms with E-state index in [0.717, 1.165) is 25.0 Å². The Kier molecular flexibility index (Phi) is 12.2. The molecular formula is C29H36I2N5O6-. The first-order valence-corrected chi connectivity index (χ1v) is 20.9. The van der Waals surface area contributed by atoms with E-state index in [1.165, 1.54) is 6.08 Å². The van der Waals surface area contributed by atoms with E-state index in [0.29, 0.717) is 73.6 Å². The molecule has 1 fully saturated rings. The summed E-state index contributed by atoms with van der Waals surface area (Å²) >= 11 is 1.47. The molecule has 11 nitrogen and oxygen atoms in total. The molecule has 0 aliphatic carbocycles. The number of benzene rings is 1. The van der Waals surface area contributed by atoms with Crippen LogP contribution in [0.1, 0.15) is 41.4 Å². The van der Waals surface area contributed by atoms with E-state index in [9.17, 15) is 9.59 Å². The molecule has 0 saturated carbocycles. The second-order valence-electron chi connectivity index (χ2n) is 9.70. The van der Waals surface area contributed by atoms with Crippen LogP contribution in [-0.2, 0) is 14.3 Å². The summed E-state index contributed by atoms with van der Waals surface area (Å²) in [4.78, 5) is 37.9. The van der Waals surface area contributed by atoms with E-state index in [2.05, 4.69) is 34.7 Å². The third-order valence-electron chi connectivity index (χ3n) is 6.89. The first-order chi connectivity index (χ1) is 20.4. The van der Waals surface area contributed by atoms with Crippen molar-refractivity contribution < 1.29 is 46.0 Å². The number of carbonyl (C=O) groups excluding carboxylic acids is 2. The van der Waals surface area contributed by atoms with Crippen molar-refractivity contribution in [3.05, 3.63) is 54.4 Å². The van der Waals surface area contributed by atoms with Crippen LogP contribution in [0.3, 0.4) is 0 Å². The maximum absolute atomic E-state index is 14.0. The minimum absolute atomic E-state index is 0.116. The fourth-order valence-corrected chi connectivity index (χ4v) is 8.08. The number of likely N-dealkylation sites (tertiary alicyclic amines) is 1. The second-order valence-corrected chi connectivity index (χ2v) is 13.5. The number of aromatic nitrogens is 3. The molecule has 1 saturated heterocycles. The number of nitrogens with zero attached hydrogens (tertiary/aromatic N) is 5. The Bertz CT molecular complexity index is 1400. The van der Waals surface area contributed by atoms with Gasteiger partial charge >= 0.3 is 268 Å². The van der Waals surface area contributed by atoms with Gasteiger partial charge in [-0.3, -0.25) is 0 Å². The van der Waals surface area contributed by atoms with E-state index in [4.69, 9.17) is 23.9 Å². The van der Waals surface area contributed by atoms with Crippen LogP contribution in [0.2, 0.25) is 0 Å². The Morgan fingerprint density at radius 3 is 2.60 bits per heavy atom. The topological polar surface area (TPSA) is 108 Å². The number of carbonyl (C=O) groups is 2. The van der Waals surface area contributed by atoms with Gasteiger partial charge in [0.1, 0.15) is 0 Å². The average Bonchev–Trinajstić information content (AvgIpc) is 3.20. The number of hydrogen-bond donors (Lipinski definition) is 0. The van der Waals surface area contributed by atoms with E-state index >= 15 is 0 Å². The van der Waals surface area contributed by atoms with E-state index in [1.807, 2.05) is 24.0 Å². The third-order valence-corrected chi connectivity index (χ3v) is 10.6. The number of aryl methyl sites for hydroxylation is 1. The number of anilines is 1. The van der Waals surface area contributed by atoms with Gasteiger partial charge in [0.15, 0.2) is 0 Å². The normalized spacial score (nSPS) is 15.4. The molecule has 3 aromatic rings. The molecule has 13 heteroatoms. The fourth-order valence-electron chi connectivity index (χ4n) is 4.93. The van der Waals surface area contributed by atoms with Gasteiger partial charge in [0.2, 0.25) is 0 Å². The standard InChI is InChI=1S/C29H36I2N5O6/c1-5-25(37)34-13-7-6-8-22(19-34)35-26-23(9-10-24(41-16-14-39-3)27(26)42-17-15-40-4)33-29(35)36(31-30)28(38)21-11-12-32-20(2)18-21/h5,9-12,18,22H,1,6-8,13-17,19H2,2-4H3/q-1. The molecule has 2 amide bonds. The zero-order chi connectivity index (χ0) is 30.1. The number of amides is 2. The first-order valence-electron chi connectivity index (χ1n) is 13.7. The number of methoxy groups -OCH3 is 2. The Labute approximate surface area is 266 Å². The van der Waals surface area contributed by atoms with Gasteiger partial charge in [-0.1, -0.05) is 0 Å². The van der Waals surface area contributed by atoms with Crippen molar-refractivity contribution in [1.29, 1.82) is 0 Å². The zero-order valence-electron chi connectivity index (χ0n) is 24.1. The van der Waals surface area contributed by atoms with Gasteiger partial charge < -0.3 is 0 Å². The Morgan fingerprint density at radius 2 is 1.90 bits per heavy atom. The van der Waals surface area contributed by atoms with Crippen LogP contribution in [-0.4, -0.2) is 85.0 Å². The summed E-state index contributed by atoms with van der Waals surface area (Å²) in [7, 11) is 3.24. The summed E-state index contributed by atoms with van der Waals surface area (Å²) in [6.07, 6.45) is 5.57. The van der Waals surface area contributed by atoms with Crippen molar-refractivity contribution in [3.63, 3.8) is 0 Å². The molecule has 1 aliphatic rings. The van der Waals surface area contributed by atoms with Gasteiger partial charge in [0, 0.05) is 0 Å². The van der Waals surface area contributed by atoms with Gasteiger partial charge in [-0.25, -0.2) is 0 Å². The summed E-state index contributed by atoms with van der Waals surface area (Å²) in [5.41, 5.74) is 2.68. The van der Waals surface area contributed by atoms with Gasteiger partial charge in [-0.2, -0.15) is 0 Å². The molecule has 0 N–H and O–H groups in total. The molecule has 0 bridgehead atoms. The second kappa shape index (κ2) is 15.8. The Morgan fingerprint density at radius 1 is 1.14 bits per heavy atom. The average molecular weight is 804 g/mol. The molecule has 2 aromatic heterocycles. The molecule has 1 unspecified atom stereocenters. The third kappa shape index (κ3) is 7.52. The molecule has 3 heterocycles. The molecule has 0 radical (unpaired) electrons. The first kappa shape index (κ1) is 32.4. The predicted molar refractivity (Wildman–Crippen MR) is 164 cm³/mol. The van der Waals surface area contributed by atoms with Crippen molar-refractivity contribution in [2.45, 2.75) is 32.2 Å². The number of rotatable bonds is 13. The number of pyridine rings is 1. The SMILES string of the molecule is C=CC(=O)N1CCCCC(n2c(N([I-]I)C(=O)c3ccnc(C)c3)nc3ccc(OCCOC)c(OCCOC)c32)C1. The molecule has 1 aliphatic heterocycles. The van der Waals surface area contributed by atoms with E-state index in [-0.39, 0.29) is 17.9 Å². The van der Waals surface area contributed by atoms with Gasteiger partial charge in [-0.15, -0.1) is 0 Å². The van der Waals surface area contributed by atoms with Crippen LogP contribution in [0.5, 0.6) is 11.5 Å². The number of imidazole rings is 1. The van der Waals surface area contributed by atoms with Crippen molar-refractivity contribution in [2.75, 3.05) is 56.8 Å². The van der Waals surface area contributed by atoms with Crippen LogP contribution in [0.15, 0.2) is 43.1 Å². The molecule has 0 spiro atoms. The summed E-state index contributed by atoms with van der Waals surface area (Å²) in [6.45, 7) is 8.08. The monoisotopic (exact) mass is 804 g/mol. The Balaban J connectivity index is 1.93. The minimum atomic E-state index is -0.824. The molecule has 4 rings (SSSR count). The van der Waals surface area contributed by atoms with Gasteiger partial charge in [-0.05, 0) is 0 Å². The Hall–Kier alpha value is -2.50. The maximum atomic E-state index is 14.0. The summed E-state index contributed by atoms with van der Waals surface area (Å²) in [5.74, 6) is 1.32. The summed E-state index contributed by atoms with van der Waals surface area (Å²) < 4.78 is 26.7. The van der Waals surface area contributed by atoms with Crippen molar-refractivity contribution in [2.24, 2.45) is 0 Å². The number of ether oxygens (including phenoxy) is 4. The van der Waals surface area contributed by atoms with Crippen molar-refractivity contribution in [1.82, 2.24) is 19.4 Å². The molecule has 1 aromatic carbocycles. The summed E-state index contributed by atoms with van der Waals surface area (Å²) in [6, 6.07) is 7.06. The van der Waals surface area contributed by atoms with Gasteiger partial charge in [0.05, 0.1) is 0 Å². The van der Waals surface area contributed by atoms with Crippen molar-refractivity contribution >= 4 is 47.4 Å². The van der Waals surface area contributed by atoms with Crippen LogP contribution in [0.4, 0.5) is 5.95 Å². The predicted octanol–water partition coefficient (Wildman–Crippen LogP) is 1.53. The summed E-state index contributed by atoms with van der Waals surface area (Å²) in [5, 5.41) is 0. The number of hydrogen-bond acceptors (Lipinski definition) is 8. The molecule has 42 heavy (non-hydrogen) atoms. The zero-order valence-corrected chi connectivity index (χ0v) is 28.4. The van der Waals surface area contributed by atoms with Crippen LogP contribution in [0.25, 0.3) is 11.0 Å². The molecular weight excluding hydrogens is 768 g/mol. The van der Waals surface area contributed by atoms with Crippen LogP contribution in [0, 0.1) is 6.92 Å². The fraction of sp³-hybridized carbons (Fsp3) is 0.448. The van der Waals surface area contributed by atoms with Crippen LogP contribution < -0.4 is 30.1 Å². The molecule has 228 valence electrons. The van der Waals surface area contributed by atoms with E-state index in [1.54, 1.807) is 35.7 Å². The number of halogens is 2. The van der Waals surface area contributed by atoms with Crippen molar-refractivity contribution in [3.8, 4) is 11.5 Å². The number of fused-ring (bicyclic) bond motifs is 1. The molecule has 1 atom stereocenters. The van der Waals surface area contributed by atoms with E-state index < -0.39 is 17.5 Å².